The molecule has 3 aromatic rings. The van der Waals surface area contributed by atoms with Crippen molar-refractivity contribution in [3.63, 3.8) is 0 Å². The maximum absolute atomic E-state index is 5.63. The van der Waals surface area contributed by atoms with E-state index in [-0.39, 0.29) is 0 Å². The SMILES string of the molecule is CC(C)c1nc(-c2ccccc2)cn1-c1ccc(CCN)cc1. The number of hydrogen-bond donors (Lipinski definition) is 1. The molecule has 3 nitrogen and oxygen atoms in total. The minimum absolute atomic E-state index is 0.358. The minimum atomic E-state index is 0.358. The number of imidazole rings is 1. The molecule has 0 unspecified atom stereocenters. The van der Waals surface area contributed by atoms with Gasteiger partial charge in [0.2, 0.25) is 0 Å². The lowest BCUT2D eigenvalue weighted by Gasteiger charge is -2.10. The van der Waals surface area contributed by atoms with Crippen LogP contribution in [0.3, 0.4) is 0 Å². The van der Waals surface area contributed by atoms with Gasteiger partial charge in [-0.15, -0.1) is 0 Å². The summed E-state index contributed by atoms with van der Waals surface area (Å²) in [5, 5.41) is 0. The molecule has 0 saturated carbocycles. The molecule has 1 aromatic heterocycles. The summed E-state index contributed by atoms with van der Waals surface area (Å²) >= 11 is 0. The van der Waals surface area contributed by atoms with E-state index in [0.29, 0.717) is 12.5 Å². The van der Waals surface area contributed by atoms with Crippen molar-refractivity contribution in [2.24, 2.45) is 5.73 Å². The normalized spacial score (nSPS) is 11.1. The molecule has 0 spiro atoms. The van der Waals surface area contributed by atoms with Gasteiger partial charge in [0.15, 0.2) is 0 Å². The Morgan fingerprint density at radius 1 is 1.00 bits per heavy atom. The molecular formula is C20H23N3. The van der Waals surface area contributed by atoms with E-state index >= 15 is 0 Å². The van der Waals surface area contributed by atoms with Gasteiger partial charge in [0.05, 0.1) is 5.69 Å². The molecule has 0 radical (unpaired) electrons. The van der Waals surface area contributed by atoms with Crippen molar-refractivity contribution < 1.29 is 0 Å². The number of nitrogens with two attached hydrogens (primary N) is 1. The van der Waals surface area contributed by atoms with Crippen LogP contribution in [0.1, 0.15) is 31.2 Å². The van der Waals surface area contributed by atoms with Crippen LogP contribution in [0.5, 0.6) is 0 Å². The van der Waals surface area contributed by atoms with Crippen LogP contribution >= 0.6 is 0 Å². The third-order valence-corrected chi connectivity index (χ3v) is 3.97. The zero-order chi connectivity index (χ0) is 16.2. The molecule has 3 heteroatoms. The van der Waals surface area contributed by atoms with Gasteiger partial charge in [-0.25, -0.2) is 4.98 Å². The van der Waals surface area contributed by atoms with Gasteiger partial charge in [-0.2, -0.15) is 0 Å². The molecular weight excluding hydrogens is 282 g/mol. The van der Waals surface area contributed by atoms with Crippen molar-refractivity contribution in [1.29, 1.82) is 0 Å². The molecule has 1 heterocycles. The molecule has 0 amide bonds. The van der Waals surface area contributed by atoms with Crippen LogP contribution in [0, 0.1) is 0 Å². The van der Waals surface area contributed by atoms with Crippen LogP contribution in [0.15, 0.2) is 60.8 Å². The van der Waals surface area contributed by atoms with E-state index in [1.807, 2.05) is 18.2 Å². The molecule has 0 bridgehead atoms. The van der Waals surface area contributed by atoms with Crippen molar-refractivity contribution in [3.05, 3.63) is 72.2 Å². The first-order valence-electron chi connectivity index (χ1n) is 8.13. The highest BCUT2D eigenvalue weighted by Gasteiger charge is 2.13. The van der Waals surface area contributed by atoms with Crippen molar-refractivity contribution in [2.75, 3.05) is 6.54 Å². The van der Waals surface area contributed by atoms with Gasteiger partial charge in [-0.3, -0.25) is 0 Å². The van der Waals surface area contributed by atoms with E-state index < -0.39 is 0 Å². The lowest BCUT2D eigenvalue weighted by molar-refractivity contribution is 0.752. The predicted octanol–water partition coefficient (Wildman–Crippen LogP) is 4.16. The monoisotopic (exact) mass is 305 g/mol. The van der Waals surface area contributed by atoms with Gasteiger partial charge in [0, 0.05) is 23.4 Å². The molecule has 0 aliphatic carbocycles. The fourth-order valence-electron chi connectivity index (χ4n) is 2.75. The Morgan fingerprint density at radius 2 is 1.70 bits per heavy atom. The fraction of sp³-hybridized carbons (Fsp3) is 0.250. The van der Waals surface area contributed by atoms with E-state index in [0.717, 1.165) is 29.2 Å². The summed E-state index contributed by atoms with van der Waals surface area (Å²) in [6.45, 7) is 5.03. The van der Waals surface area contributed by atoms with Crippen LogP contribution in [-0.4, -0.2) is 16.1 Å². The quantitative estimate of drug-likeness (QED) is 0.769. The summed E-state index contributed by atoms with van der Waals surface area (Å²) in [4.78, 5) is 4.86. The summed E-state index contributed by atoms with van der Waals surface area (Å²) < 4.78 is 2.19. The zero-order valence-electron chi connectivity index (χ0n) is 13.7. The van der Waals surface area contributed by atoms with Crippen LogP contribution in [-0.2, 0) is 6.42 Å². The minimum Gasteiger partial charge on any atom is -0.330 e. The molecule has 2 N–H and O–H groups in total. The first-order chi connectivity index (χ1) is 11.2. The second-order valence-corrected chi connectivity index (χ2v) is 6.08. The van der Waals surface area contributed by atoms with E-state index in [9.17, 15) is 0 Å². The molecule has 0 atom stereocenters. The second-order valence-electron chi connectivity index (χ2n) is 6.08. The number of hydrogen-bond acceptors (Lipinski definition) is 2. The van der Waals surface area contributed by atoms with Gasteiger partial charge < -0.3 is 10.3 Å². The topological polar surface area (TPSA) is 43.8 Å². The Labute approximate surface area is 137 Å². The van der Waals surface area contributed by atoms with Crippen LogP contribution in [0.25, 0.3) is 16.9 Å². The van der Waals surface area contributed by atoms with Gasteiger partial charge in [-0.1, -0.05) is 56.3 Å². The summed E-state index contributed by atoms with van der Waals surface area (Å²) in [5.74, 6) is 1.44. The Balaban J connectivity index is 2.02. The number of benzene rings is 2. The highest BCUT2D eigenvalue weighted by atomic mass is 15.1. The molecule has 2 aromatic carbocycles. The smallest absolute Gasteiger partial charge is 0.116 e. The van der Waals surface area contributed by atoms with Crippen LogP contribution < -0.4 is 5.73 Å². The van der Waals surface area contributed by atoms with Crippen LogP contribution in [0.4, 0.5) is 0 Å². The largest absolute Gasteiger partial charge is 0.330 e. The van der Waals surface area contributed by atoms with E-state index in [1.165, 1.54) is 5.56 Å². The summed E-state index contributed by atoms with van der Waals surface area (Å²) in [6.07, 6.45) is 3.04. The number of nitrogens with zero attached hydrogens (tertiary/aromatic N) is 2. The van der Waals surface area contributed by atoms with Crippen molar-refractivity contribution in [3.8, 4) is 16.9 Å². The predicted molar refractivity (Wildman–Crippen MR) is 95.8 cm³/mol. The molecule has 118 valence electrons. The molecule has 0 saturated heterocycles. The zero-order valence-corrected chi connectivity index (χ0v) is 13.7. The lowest BCUT2D eigenvalue weighted by Crippen LogP contribution is -2.04. The van der Waals surface area contributed by atoms with E-state index in [1.54, 1.807) is 0 Å². The summed E-state index contributed by atoms with van der Waals surface area (Å²) in [7, 11) is 0. The van der Waals surface area contributed by atoms with Gasteiger partial charge in [0.25, 0.3) is 0 Å². The lowest BCUT2D eigenvalue weighted by atomic mass is 10.1. The molecule has 0 aliphatic rings. The molecule has 0 fully saturated rings. The van der Waals surface area contributed by atoms with Crippen molar-refractivity contribution in [2.45, 2.75) is 26.2 Å². The highest BCUT2D eigenvalue weighted by Crippen LogP contribution is 2.25. The molecule has 3 rings (SSSR count). The average molecular weight is 305 g/mol. The average Bonchev–Trinajstić information content (AvgIpc) is 3.02. The third-order valence-electron chi connectivity index (χ3n) is 3.97. The van der Waals surface area contributed by atoms with Gasteiger partial charge in [0.1, 0.15) is 5.82 Å². The number of rotatable bonds is 5. The van der Waals surface area contributed by atoms with Crippen LogP contribution in [0.2, 0.25) is 0 Å². The molecule has 23 heavy (non-hydrogen) atoms. The highest BCUT2D eigenvalue weighted by molar-refractivity contribution is 5.59. The van der Waals surface area contributed by atoms with Gasteiger partial charge in [-0.05, 0) is 30.7 Å². The first-order valence-corrected chi connectivity index (χ1v) is 8.13. The summed E-state index contributed by atoms with van der Waals surface area (Å²) in [6, 6.07) is 18.9. The van der Waals surface area contributed by atoms with E-state index in [4.69, 9.17) is 10.7 Å². The Morgan fingerprint density at radius 3 is 2.30 bits per heavy atom. The van der Waals surface area contributed by atoms with Crippen molar-refractivity contribution in [1.82, 2.24) is 9.55 Å². The van der Waals surface area contributed by atoms with E-state index in [2.05, 4.69) is 61.0 Å². The molecule has 0 aliphatic heterocycles. The summed E-state index contributed by atoms with van der Waals surface area (Å²) in [5.41, 5.74) is 10.2. The first kappa shape index (κ1) is 15.5. The second kappa shape index (κ2) is 6.80. The fourth-order valence-corrected chi connectivity index (χ4v) is 2.75. The Bertz CT molecular complexity index is 755. The Kier molecular flexibility index (Phi) is 4.58. The van der Waals surface area contributed by atoms with Gasteiger partial charge >= 0.3 is 0 Å². The maximum atomic E-state index is 5.63. The Hall–Kier alpha value is -2.39. The number of aromatic nitrogens is 2. The standard InChI is InChI=1S/C20H23N3/c1-15(2)20-22-19(17-6-4-3-5-7-17)14-23(20)18-10-8-16(9-11-18)12-13-21/h3-11,14-15H,12-13,21H2,1-2H3. The third kappa shape index (κ3) is 3.35. The maximum Gasteiger partial charge on any atom is 0.116 e. The van der Waals surface area contributed by atoms with Crippen molar-refractivity contribution >= 4 is 0 Å².